The van der Waals surface area contributed by atoms with Gasteiger partial charge in [-0.1, -0.05) is 0 Å². The van der Waals surface area contributed by atoms with Crippen molar-refractivity contribution in [2.75, 3.05) is 7.05 Å². The van der Waals surface area contributed by atoms with Gasteiger partial charge in [0.15, 0.2) is 0 Å². The second kappa shape index (κ2) is 4.91. The van der Waals surface area contributed by atoms with Gasteiger partial charge < -0.3 is 10.6 Å². The Morgan fingerprint density at radius 2 is 1.93 bits per heavy atom. The highest BCUT2D eigenvalue weighted by Crippen LogP contribution is 2.11. The summed E-state index contributed by atoms with van der Waals surface area (Å²) in [6, 6.07) is 1.80. The standard InChI is InChI=1S/C9H15N3OS/c1-9(2,3)12-8(14)6(5-10)7(13)11-4/h12,14H,1-4H3,(H,11,13)/b8-6-. The minimum Gasteiger partial charge on any atom is -0.374 e. The summed E-state index contributed by atoms with van der Waals surface area (Å²) in [5.41, 5.74) is -0.238. The summed E-state index contributed by atoms with van der Waals surface area (Å²) < 4.78 is 0. The molecule has 1 amide bonds. The fourth-order valence-electron chi connectivity index (χ4n) is 0.754. The Labute approximate surface area is 89.8 Å². The maximum atomic E-state index is 11.2. The van der Waals surface area contributed by atoms with E-state index in [4.69, 9.17) is 5.26 Å². The number of nitrogens with zero attached hydrogens (tertiary/aromatic N) is 1. The third-order valence-corrected chi connectivity index (χ3v) is 1.63. The van der Waals surface area contributed by atoms with Crippen LogP contribution in [0.25, 0.3) is 0 Å². The molecule has 0 atom stereocenters. The SMILES string of the molecule is CNC(=O)/C(C#N)=C(\S)NC(C)(C)C. The van der Waals surface area contributed by atoms with Gasteiger partial charge in [0.2, 0.25) is 0 Å². The lowest BCUT2D eigenvalue weighted by Crippen LogP contribution is -2.35. The zero-order chi connectivity index (χ0) is 11.4. The number of hydrogen-bond acceptors (Lipinski definition) is 4. The van der Waals surface area contributed by atoms with Crippen molar-refractivity contribution in [1.82, 2.24) is 10.6 Å². The molecule has 0 fully saturated rings. The van der Waals surface area contributed by atoms with Gasteiger partial charge in [0.05, 0.1) is 5.03 Å². The van der Waals surface area contributed by atoms with E-state index in [0.717, 1.165) is 0 Å². The second-order valence-corrected chi connectivity index (χ2v) is 4.24. The van der Waals surface area contributed by atoms with Crippen LogP contribution in [-0.2, 0) is 4.79 Å². The molecule has 0 aliphatic carbocycles. The van der Waals surface area contributed by atoms with Gasteiger partial charge in [0, 0.05) is 12.6 Å². The van der Waals surface area contributed by atoms with Crippen LogP contribution in [-0.4, -0.2) is 18.5 Å². The van der Waals surface area contributed by atoms with Crippen LogP contribution in [0.2, 0.25) is 0 Å². The number of amides is 1. The molecule has 5 heteroatoms. The number of rotatable bonds is 2. The predicted molar refractivity (Wildman–Crippen MR) is 58.6 cm³/mol. The van der Waals surface area contributed by atoms with Crippen LogP contribution in [0.5, 0.6) is 0 Å². The lowest BCUT2D eigenvalue weighted by molar-refractivity contribution is -0.116. The van der Waals surface area contributed by atoms with Gasteiger partial charge in [-0.25, -0.2) is 0 Å². The third-order valence-electron chi connectivity index (χ3n) is 1.30. The predicted octanol–water partition coefficient (Wildman–Crippen LogP) is 0.785. The van der Waals surface area contributed by atoms with Gasteiger partial charge in [-0.2, -0.15) is 5.26 Å². The number of carbonyl (C=O) groups is 1. The van der Waals surface area contributed by atoms with Gasteiger partial charge >= 0.3 is 0 Å². The summed E-state index contributed by atoms with van der Waals surface area (Å²) in [5, 5.41) is 14.3. The molecular weight excluding hydrogens is 198 g/mol. The molecular formula is C9H15N3OS. The van der Waals surface area contributed by atoms with E-state index < -0.39 is 5.91 Å². The van der Waals surface area contributed by atoms with E-state index in [1.165, 1.54) is 7.05 Å². The van der Waals surface area contributed by atoms with E-state index >= 15 is 0 Å². The topological polar surface area (TPSA) is 64.9 Å². The highest BCUT2D eigenvalue weighted by Gasteiger charge is 2.16. The van der Waals surface area contributed by atoms with Crippen molar-refractivity contribution >= 4 is 18.5 Å². The molecule has 0 bridgehead atoms. The Kier molecular flexibility index (Phi) is 4.51. The van der Waals surface area contributed by atoms with E-state index in [1.54, 1.807) is 6.07 Å². The Morgan fingerprint density at radius 3 is 2.21 bits per heavy atom. The van der Waals surface area contributed by atoms with Crippen LogP contribution in [0.4, 0.5) is 0 Å². The molecule has 2 N–H and O–H groups in total. The molecule has 0 aliphatic rings. The van der Waals surface area contributed by atoms with Gasteiger partial charge in [-0.05, 0) is 20.8 Å². The lowest BCUT2D eigenvalue weighted by atomic mass is 10.1. The average molecular weight is 213 g/mol. The quantitative estimate of drug-likeness (QED) is 0.361. The normalized spacial score (nSPS) is 12.6. The van der Waals surface area contributed by atoms with Crippen molar-refractivity contribution < 1.29 is 4.79 Å². The van der Waals surface area contributed by atoms with Crippen molar-refractivity contribution in [3.63, 3.8) is 0 Å². The van der Waals surface area contributed by atoms with Gasteiger partial charge in [0.25, 0.3) is 5.91 Å². The van der Waals surface area contributed by atoms with Crippen molar-refractivity contribution in [1.29, 1.82) is 5.26 Å². The molecule has 0 aromatic rings. The van der Waals surface area contributed by atoms with E-state index in [9.17, 15) is 4.79 Å². The highest BCUT2D eigenvalue weighted by atomic mass is 32.1. The van der Waals surface area contributed by atoms with Crippen LogP contribution < -0.4 is 10.6 Å². The minimum atomic E-state index is -0.436. The maximum Gasteiger partial charge on any atom is 0.264 e. The van der Waals surface area contributed by atoms with E-state index in [2.05, 4.69) is 23.3 Å². The number of thiol groups is 1. The molecule has 78 valence electrons. The molecule has 0 heterocycles. The van der Waals surface area contributed by atoms with Gasteiger partial charge in [-0.15, -0.1) is 12.6 Å². The van der Waals surface area contributed by atoms with Crippen molar-refractivity contribution in [3.8, 4) is 6.07 Å². The van der Waals surface area contributed by atoms with Gasteiger partial charge in [0.1, 0.15) is 11.6 Å². The fourth-order valence-corrected chi connectivity index (χ4v) is 1.24. The first-order chi connectivity index (χ1) is 6.31. The first kappa shape index (κ1) is 12.8. The summed E-state index contributed by atoms with van der Waals surface area (Å²) >= 11 is 4.08. The molecule has 0 aromatic heterocycles. The molecule has 0 spiro atoms. The van der Waals surface area contributed by atoms with E-state index in [0.29, 0.717) is 5.03 Å². The molecule has 0 saturated carbocycles. The molecule has 0 saturated heterocycles. The monoisotopic (exact) mass is 213 g/mol. The van der Waals surface area contributed by atoms with Crippen LogP contribution in [0.3, 0.4) is 0 Å². The number of hydrogen-bond donors (Lipinski definition) is 3. The smallest absolute Gasteiger partial charge is 0.264 e. The molecule has 14 heavy (non-hydrogen) atoms. The van der Waals surface area contributed by atoms with Gasteiger partial charge in [-0.3, -0.25) is 4.79 Å². The summed E-state index contributed by atoms with van der Waals surface area (Å²) in [7, 11) is 1.47. The second-order valence-electron chi connectivity index (χ2n) is 3.79. The Morgan fingerprint density at radius 1 is 1.43 bits per heavy atom. The zero-order valence-electron chi connectivity index (χ0n) is 8.80. The maximum absolute atomic E-state index is 11.2. The number of nitrogens with one attached hydrogen (secondary N) is 2. The summed E-state index contributed by atoms with van der Waals surface area (Å²) in [5.74, 6) is -0.436. The van der Waals surface area contributed by atoms with Crippen molar-refractivity contribution in [2.24, 2.45) is 0 Å². The molecule has 0 aromatic carbocycles. The minimum absolute atomic E-state index is 0.00856. The van der Waals surface area contributed by atoms with E-state index in [-0.39, 0.29) is 11.1 Å². The first-order valence-corrected chi connectivity index (χ1v) is 4.60. The first-order valence-electron chi connectivity index (χ1n) is 4.15. The van der Waals surface area contributed by atoms with Crippen LogP contribution in [0.1, 0.15) is 20.8 Å². The van der Waals surface area contributed by atoms with E-state index in [1.807, 2.05) is 20.8 Å². The van der Waals surface area contributed by atoms with Crippen LogP contribution in [0.15, 0.2) is 10.6 Å². The molecule has 0 unspecified atom stereocenters. The van der Waals surface area contributed by atoms with Crippen LogP contribution >= 0.6 is 12.6 Å². The highest BCUT2D eigenvalue weighted by molar-refractivity contribution is 7.84. The summed E-state index contributed by atoms with van der Waals surface area (Å²) in [6.45, 7) is 5.76. The van der Waals surface area contributed by atoms with Crippen LogP contribution in [0, 0.1) is 11.3 Å². The molecule has 0 aliphatic heterocycles. The lowest BCUT2D eigenvalue weighted by Gasteiger charge is -2.22. The largest absolute Gasteiger partial charge is 0.374 e. The molecule has 4 nitrogen and oxygen atoms in total. The molecule has 0 rings (SSSR count). The van der Waals surface area contributed by atoms with Crippen molar-refractivity contribution in [2.45, 2.75) is 26.3 Å². The summed E-state index contributed by atoms with van der Waals surface area (Å²) in [4.78, 5) is 11.2. The third kappa shape index (κ3) is 4.19. The zero-order valence-corrected chi connectivity index (χ0v) is 9.70. The Hall–Kier alpha value is -1.15. The Bertz CT molecular complexity index is 296. The number of carbonyl (C=O) groups excluding carboxylic acids is 1. The number of likely N-dealkylation sites (N-methyl/N-ethyl adjacent to an activating group) is 1. The van der Waals surface area contributed by atoms with Crippen molar-refractivity contribution in [3.05, 3.63) is 10.6 Å². The fraction of sp³-hybridized carbons (Fsp3) is 0.556. The summed E-state index contributed by atoms with van der Waals surface area (Å²) in [6.07, 6.45) is 0. The Balaban J connectivity index is 4.88. The molecule has 0 radical (unpaired) electrons. The average Bonchev–Trinajstić information content (AvgIpc) is 2.01. The number of nitriles is 1.